The Bertz CT molecular complexity index is 263. The molecule has 1 fully saturated rings. The molecule has 1 saturated heterocycles. The highest BCUT2D eigenvalue weighted by Gasteiger charge is 2.47. The van der Waals surface area contributed by atoms with Gasteiger partial charge in [-0.1, -0.05) is 6.92 Å². The zero-order valence-corrected chi connectivity index (χ0v) is 10.1. The number of amides is 1. The molecule has 1 heterocycles. The zero-order chi connectivity index (χ0) is 12.3. The molecule has 1 rings (SSSR count). The van der Waals surface area contributed by atoms with Gasteiger partial charge < -0.3 is 9.64 Å². The van der Waals surface area contributed by atoms with E-state index in [1.807, 2.05) is 0 Å². The fourth-order valence-electron chi connectivity index (χ4n) is 1.85. The summed E-state index contributed by atoms with van der Waals surface area (Å²) in [5, 5.41) is -0.728. The van der Waals surface area contributed by atoms with Gasteiger partial charge in [-0.25, -0.2) is 8.78 Å². The predicted molar refractivity (Wildman–Crippen MR) is 56.9 cm³/mol. The van der Waals surface area contributed by atoms with Crippen molar-refractivity contribution in [3.05, 3.63) is 0 Å². The van der Waals surface area contributed by atoms with Crippen molar-refractivity contribution in [2.75, 3.05) is 20.3 Å². The van der Waals surface area contributed by atoms with Gasteiger partial charge in [-0.3, -0.25) is 4.79 Å². The van der Waals surface area contributed by atoms with Crippen LogP contribution in [0.4, 0.5) is 8.78 Å². The highest BCUT2D eigenvalue weighted by molar-refractivity contribution is 6.30. The SMILES string of the molecule is CC[C@H](Cl)C(=O)N1CC(F)(F)C[C@@H]1COC. The second-order valence-corrected chi connectivity index (χ2v) is 4.54. The van der Waals surface area contributed by atoms with Crippen LogP contribution < -0.4 is 0 Å². The van der Waals surface area contributed by atoms with Gasteiger partial charge in [0.25, 0.3) is 5.92 Å². The summed E-state index contributed by atoms with van der Waals surface area (Å²) in [4.78, 5) is 12.9. The van der Waals surface area contributed by atoms with E-state index in [1.165, 1.54) is 7.11 Å². The molecule has 1 aliphatic heterocycles. The third kappa shape index (κ3) is 3.04. The summed E-state index contributed by atoms with van der Waals surface area (Å²) in [5.41, 5.74) is 0. The lowest BCUT2D eigenvalue weighted by Crippen LogP contribution is -2.42. The van der Waals surface area contributed by atoms with E-state index >= 15 is 0 Å². The van der Waals surface area contributed by atoms with Gasteiger partial charge in [0.2, 0.25) is 5.91 Å². The Balaban J connectivity index is 2.73. The first kappa shape index (κ1) is 13.6. The molecule has 0 aromatic heterocycles. The summed E-state index contributed by atoms with van der Waals surface area (Å²) in [6.07, 6.45) is 0.0854. The maximum absolute atomic E-state index is 13.2. The first-order valence-corrected chi connectivity index (χ1v) is 5.66. The van der Waals surface area contributed by atoms with Gasteiger partial charge in [-0.15, -0.1) is 11.6 Å². The number of carbonyl (C=O) groups is 1. The first-order chi connectivity index (χ1) is 7.41. The van der Waals surface area contributed by atoms with E-state index in [9.17, 15) is 13.6 Å². The molecule has 0 saturated carbocycles. The third-order valence-corrected chi connectivity index (χ3v) is 3.14. The van der Waals surface area contributed by atoms with E-state index in [2.05, 4.69) is 0 Å². The topological polar surface area (TPSA) is 29.5 Å². The second kappa shape index (κ2) is 5.27. The number of hydrogen-bond acceptors (Lipinski definition) is 2. The van der Waals surface area contributed by atoms with Gasteiger partial charge in [0, 0.05) is 13.5 Å². The van der Waals surface area contributed by atoms with Crippen molar-refractivity contribution in [2.45, 2.75) is 37.1 Å². The number of methoxy groups -OCH3 is 1. The lowest BCUT2D eigenvalue weighted by atomic mass is 10.2. The molecule has 0 bridgehead atoms. The quantitative estimate of drug-likeness (QED) is 0.718. The van der Waals surface area contributed by atoms with Gasteiger partial charge in [0.1, 0.15) is 5.38 Å². The van der Waals surface area contributed by atoms with Gasteiger partial charge in [0.05, 0.1) is 19.2 Å². The molecule has 0 aliphatic carbocycles. The van der Waals surface area contributed by atoms with Gasteiger partial charge >= 0.3 is 0 Å². The summed E-state index contributed by atoms with van der Waals surface area (Å²) in [6, 6.07) is -0.569. The number of alkyl halides is 3. The maximum atomic E-state index is 13.2. The number of nitrogens with zero attached hydrogens (tertiary/aromatic N) is 1. The Labute approximate surface area is 98.7 Å². The van der Waals surface area contributed by atoms with Crippen molar-refractivity contribution in [1.29, 1.82) is 0 Å². The number of rotatable bonds is 4. The fraction of sp³-hybridized carbons (Fsp3) is 0.900. The monoisotopic (exact) mass is 255 g/mol. The minimum absolute atomic E-state index is 0.120. The van der Waals surface area contributed by atoms with E-state index in [0.29, 0.717) is 6.42 Å². The summed E-state index contributed by atoms with van der Waals surface area (Å²) >= 11 is 5.78. The van der Waals surface area contributed by atoms with Crippen molar-refractivity contribution >= 4 is 17.5 Å². The molecule has 3 nitrogen and oxygen atoms in total. The van der Waals surface area contributed by atoms with Crippen molar-refractivity contribution < 1.29 is 18.3 Å². The molecule has 0 aromatic rings. The van der Waals surface area contributed by atoms with Crippen LogP contribution in [0, 0.1) is 0 Å². The summed E-state index contributed by atoms with van der Waals surface area (Å²) in [6.45, 7) is 1.31. The molecular formula is C10H16ClF2NO2. The Kier molecular flexibility index (Phi) is 4.50. The third-order valence-electron chi connectivity index (χ3n) is 2.65. The average molecular weight is 256 g/mol. The van der Waals surface area contributed by atoms with Gasteiger partial charge in [-0.05, 0) is 6.42 Å². The van der Waals surface area contributed by atoms with Crippen LogP contribution >= 0.6 is 11.6 Å². The smallest absolute Gasteiger partial charge is 0.267 e. The molecule has 0 aromatic carbocycles. The van der Waals surface area contributed by atoms with Crippen LogP contribution in [0.15, 0.2) is 0 Å². The molecule has 0 spiro atoms. The maximum Gasteiger partial charge on any atom is 0.267 e. The van der Waals surface area contributed by atoms with Crippen LogP contribution in [0.1, 0.15) is 19.8 Å². The second-order valence-electron chi connectivity index (χ2n) is 4.01. The zero-order valence-electron chi connectivity index (χ0n) is 9.38. The van der Waals surface area contributed by atoms with E-state index in [4.69, 9.17) is 16.3 Å². The molecule has 1 aliphatic rings. The van der Waals surface area contributed by atoms with E-state index in [0.717, 1.165) is 4.90 Å². The molecule has 2 atom stereocenters. The van der Waals surface area contributed by atoms with Crippen molar-refractivity contribution in [3.63, 3.8) is 0 Å². The molecule has 94 valence electrons. The minimum Gasteiger partial charge on any atom is -0.383 e. The largest absolute Gasteiger partial charge is 0.383 e. The van der Waals surface area contributed by atoms with E-state index < -0.39 is 29.8 Å². The van der Waals surface area contributed by atoms with Crippen molar-refractivity contribution in [1.82, 2.24) is 4.90 Å². The van der Waals surface area contributed by atoms with Crippen LogP contribution in [-0.4, -0.2) is 48.4 Å². The summed E-state index contributed by atoms with van der Waals surface area (Å²) < 4.78 is 31.2. The summed E-state index contributed by atoms with van der Waals surface area (Å²) in [7, 11) is 1.43. The summed E-state index contributed by atoms with van der Waals surface area (Å²) in [5.74, 6) is -3.26. The van der Waals surface area contributed by atoms with Crippen LogP contribution in [-0.2, 0) is 9.53 Å². The fourth-order valence-corrected chi connectivity index (χ4v) is 1.98. The Morgan fingerprint density at radius 1 is 1.69 bits per heavy atom. The minimum atomic E-state index is -2.83. The highest BCUT2D eigenvalue weighted by Crippen LogP contribution is 2.33. The highest BCUT2D eigenvalue weighted by atomic mass is 35.5. The number of halogens is 3. The van der Waals surface area contributed by atoms with Crippen LogP contribution in [0.2, 0.25) is 0 Å². The molecule has 0 radical (unpaired) electrons. The van der Waals surface area contributed by atoms with Crippen LogP contribution in [0.3, 0.4) is 0 Å². The van der Waals surface area contributed by atoms with Crippen molar-refractivity contribution in [2.24, 2.45) is 0 Å². The molecule has 1 amide bonds. The Hall–Kier alpha value is -0.420. The van der Waals surface area contributed by atoms with Crippen molar-refractivity contribution in [3.8, 4) is 0 Å². The number of likely N-dealkylation sites (tertiary alicyclic amines) is 1. The molecular weight excluding hydrogens is 240 g/mol. The molecule has 6 heteroatoms. The normalized spacial score (nSPS) is 25.8. The van der Waals surface area contributed by atoms with Gasteiger partial charge in [0.15, 0.2) is 0 Å². The van der Waals surface area contributed by atoms with E-state index in [-0.39, 0.29) is 13.0 Å². The van der Waals surface area contributed by atoms with E-state index in [1.54, 1.807) is 6.92 Å². The Morgan fingerprint density at radius 2 is 2.31 bits per heavy atom. The number of hydrogen-bond donors (Lipinski definition) is 0. The first-order valence-electron chi connectivity index (χ1n) is 5.22. The molecule has 0 N–H and O–H groups in total. The van der Waals surface area contributed by atoms with Gasteiger partial charge in [-0.2, -0.15) is 0 Å². The number of ether oxygens (including phenoxy) is 1. The number of carbonyl (C=O) groups excluding carboxylic acids is 1. The lowest BCUT2D eigenvalue weighted by Gasteiger charge is -2.25. The van der Waals surface area contributed by atoms with Crippen LogP contribution in [0.25, 0.3) is 0 Å². The molecule has 0 unspecified atom stereocenters. The van der Waals surface area contributed by atoms with Crippen LogP contribution in [0.5, 0.6) is 0 Å². The lowest BCUT2D eigenvalue weighted by molar-refractivity contribution is -0.133. The average Bonchev–Trinajstić information content (AvgIpc) is 2.52. The Morgan fingerprint density at radius 3 is 2.81 bits per heavy atom. The standard InChI is InChI=1S/C10H16ClF2NO2/c1-3-8(11)9(15)14-6-10(12,13)4-7(14)5-16-2/h7-8H,3-6H2,1-2H3/t7-,8+/m1/s1. The predicted octanol–water partition coefficient (Wildman–Crippen LogP) is 1.89. The molecule has 16 heavy (non-hydrogen) atoms.